The van der Waals surface area contributed by atoms with Crippen LogP contribution in [0, 0.1) is 12.8 Å². The second kappa shape index (κ2) is 8.76. The largest absolute Gasteiger partial charge is 0.508 e. The third-order valence-corrected chi connectivity index (χ3v) is 8.50. The molecule has 3 aromatic rings. The Morgan fingerprint density at radius 3 is 2.79 bits per heavy atom. The summed E-state index contributed by atoms with van der Waals surface area (Å²) in [5, 5.41) is 16.5. The number of sulfone groups is 1. The van der Waals surface area contributed by atoms with Gasteiger partial charge in [0.05, 0.1) is 22.8 Å². The SMILES string of the molecule is Cc1ccc(O)cc1Nc1ccnc2c1C(=O)Cc1cc(CCC3CCS(=O)(=O)C3)ccc1N2. The number of aromatic nitrogens is 1. The van der Waals surface area contributed by atoms with E-state index >= 15 is 0 Å². The monoisotopic (exact) mass is 477 g/mol. The van der Waals surface area contributed by atoms with Crippen LogP contribution < -0.4 is 10.6 Å². The predicted molar refractivity (Wildman–Crippen MR) is 133 cm³/mol. The average Bonchev–Trinajstić information content (AvgIpc) is 3.07. The minimum Gasteiger partial charge on any atom is -0.508 e. The first-order valence-corrected chi connectivity index (χ1v) is 13.3. The second-order valence-corrected chi connectivity index (χ2v) is 11.5. The molecule has 0 saturated carbocycles. The Labute approximate surface area is 199 Å². The van der Waals surface area contributed by atoms with Gasteiger partial charge in [-0.15, -0.1) is 0 Å². The zero-order chi connectivity index (χ0) is 23.9. The van der Waals surface area contributed by atoms with Crippen molar-refractivity contribution in [1.29, 1.82) is 0 Å². The molecule has 1 saturated heterocycles. The molecule has 0 spiro atoms. The van der Waals surface area contributed by atoms with Gasteiger partial charge in [0.25, 0.3) is 0 Å². The van der Waals surface area contributed by atoms with Crippen LogP contribution in [0.1, 0.15) is 39.9 Å². The number of aryl methyl sites for hydroxylation is 2. The first kappa shape index (κ1) is 22.4. The highest BCUT2D eigenvalue weighted by molar-refractivity contribution is 7.91. The maximum absolute atomic E-state index is 13.3. The van der Waals surface area contributed by atoms with Gasteiger partial charge in [-0.25, -0.2) is 13.4 Å². The maximum atomic E-state index is 13.3. The Morgan fingerprint density at radius 1 is 1.15 bits per heavy atom. The summed E-state index contributed by atoms with van der Waals surface area (Å²) in [6.45, 7) is 1.93. The molecule has 34 heavy (non-hydrogen) atoms. The number of benzene rings is 2. The van der Waals surface area contributed by atoms with Crippen molar-refractivity contribution in [3.05, 3.63) is 70.9 Å². The first-order chi connectivity index (χ1) is 16.3. The van der Waals surface area contributed by atoms with Crippen LogP contribution in [-0.2, 0) is 22.7 Å². The summed E-state index contributed by atoms with van der Waals surface area (Å²) in [4.78, 5) is 17.8. The number of nitrogens with one attached hydrogen (secondary N) is 2. The fourth-order valence-corrected chi connectivity index (χ4v) is 6.67. The number of Topliss-reactive ketones (excluding diaryl/α,β-unsaturated/α-hetero) is 1. The summed E-state index contributed by atoms with van der Waals surface area (Å²) in [6, 6.07) is 12.9. The average molecular weight is 478 g/mol. The van der Waals surface area contributed by atoms with Crippen LogP contribution in [0.3, 0.4) is 0 Å². The fourth-order valence-electron chi connectivity index (χ4n) is 4.76. The number of phenolic OH excluding ortho intramolecular Hbond substituents is 1. The zero-order valence-corrected chi connectivity index (χ0v) is 19.8. The Kier molecular flexibility index (Phi) is 5.77. The van der Waals surface area contributed by atoms with E-state index in [0.29, 0.717) is 22.8 Å². The summed E-state index contributed by atoms with van der Waals surface area (Å²) >= 11 is 0. The first-order valence-electron chi connectivity index (χ1n) is 11.5. The van der Waals surface area contributed by atoms with Gasteiger partial charge >= 0.3 is 0 Å². The molecule has 5 rings (SSSR count). The number of hydrogen-bond donors (Lipinski definition) is 3. The number of rotatable bonds is 5. The van der Waals surface area contributed by atoms with Crippen LogP contribution in [0.15, 0.2) is 48.7 Å². The number of carbonyl (C=O) groups is 1. The van der Waals surface area contributed by atoms with E-state index in [-0.39, 0.29) is 29.6 Å². The standard InChI is InChI=1S/C26H27N3O4S/c1-16-2-6-20(30)14-23(16)28-22-8-10-27-26-25(22)24(31)13-19-12-17(5-7-21(19)29-26)3-4-18-9-11-34(32,33)15-18/h2,5-8,10,12,14,18,30H,3-4,9,11,13,15H2,1H3,(H2,27,28,29). The molecule has 3 N–H and O–H groups in total. The lowest BCUT2D eigenvalue weighted by atomic mass is 9.96. The summed E-state index contributed by atoms with van der Waals surface area (Å²) in [5.74, 6) is 1.39. The van der Waals surface area contributed by atoms with Gasteiger partial charge in [-0.1, -0.05) is 18.2 Å². The van der Waals surface area contributed by atoms with Gasteiger partial charge in [-0.05, 0) is 67.0 Å². The number of ketones is 1. The third kappa shape index (κ3) is 4.63. The summed E-state index contributed by atoms with van der Waals surface area (Å²) < 4.78 is 23.5. The van der Waals surface area contributed by atoms with E-state index in [4.69, 9.17) is 0 Å². The lowest BCUT2D eigenvalue weighted by Gasteiger charge is -2.15. The van der Waals surface area contributed by atoms with Crippen molar-refractivity contribution in [2.24, 2.45) is 5.92 Å². The molecule has 0 radical (unpaired) electrons. The Morgan fingerprint density at radius 2 is 2.00 bits per heavy atom. The molecule has 1 unspecified atom stereocenters. The Balaban J connectivity index is 1.38. The quantitative estimate of drug-likeness (QED) is 0.489. The number of phenols is 1. The van der Waals surface area contributed by atoms with Crippen molar-refractivity contribution < 1.29 is 18.3 Å². The molecule has 7 nitrogen and oxygen atoms in total. The topological polar surface area (TPSA) is 108 Å². The van der Waals surface area contributed by atoms with Crippen molar-refractivity contribution in [3.8, 4) is 5.75 Å². The molecule has 1 aromatic heterocycles. The number of nitrogens with zero attached hydrogens (tertiary/aromatic N) is 1. The van der Waals surface area contributed by atoms with E-state index in [2.05, 4.69) is 15.6 Å². The lowest BCUT2D eigenvalue weighted by molar-refractivity contribution is 0.0995. The second-order valence-electron chi connectivity index (χ2n) is 9.23. The minimum absolute atomic E-state index is 0.0475. The van der Waals surface area contributed by atoms with Gasteiger partial charge in [0, 0.05) is 30.1 Å². The molecule has 2 aromatic carbocycles. The maximum Gasteiger partial charge on any atom is 0.173 e. The van der Waals surface area contributed by atoms with Crippen LogP contribution in [0.25, 0.3) is 0 Å². The molecule has 2 aliphatic rings. The van der Waals surface area contributed by atoms with E-state index in [1.165, 1.54) is 0 Å². The minimum atomic E-state index is -2.87. The van der Waals surface area contributed by atoms with E-state index in [0.717, 1.165) is 47.3 Å². The van der Waals surface area contributed by atoms with Crippen molar-refractivity contribution in [2.75, 3.05) is 22.1 Å². The van der Waals surface area contributed by atoms with Gasteiger partial charge < -0.3 is 15.7 Å². The number of anilines is 4. The zero-order valence-electron chi connectivity index (χ0n) is 19.0. The number of aromatic hydroxyl groups is 1. The molecule has 1 atom stereocenters. The van der Waals surface area contributed by atoms with Crippen LogP contribution in [0.4, 0.5) is 22.9 Å². The van der Waals surface area contributed by atoms with Crippen LogP contribution in [0.5, 0.6) is 5.75 Å². The van der Waals surface area contributed by atoms with Crippen LogP contribution >= 0.6 is 0 Å². The van der Waals surface area contributed by atoms with Gasteiger partial charge in [-0.3, -0.25) is 4.79 Å². The van der Waals surface area contributed by atoms with Gasteiger partial charge in [0.15, 0.2) is 15.6 Å². The van der Waals surface area contributed by atoms with Crippen molar-refractivity contribution >= 4 is 38.5 Å². The third-order valence-electron chi connectivity index (χ3n) is 6.66. The highest BCUT2D eigenvalue weighted by Crippen LogP contribution is 2.35. The predicted octanol–water partition coefficient (Wildman–Crippen LogP) is 4.69. The van der Waals surface area contributed by atoms with Gasteiger partial charge in [0.1, 0.15) is 11.6 Å². The molecule has 3 heterocycles. The molecule has 0 bridgehead atoms. The molecule has 2 aliphatic heterocycles. The number of carbonyl (C=O) groups excluding carboxylic acids is 1. The summed E-state index contributed by atoms with van der Waals surface area (Å²) in [7, 11) is -2.87. The van der Waals surface area contributed by atoms with E-state index in [1.807, 2.05) is 31.2 Å². The molecule has 1 fully saturated rings. The van der Waals surface area contributed by atoms with Crippen molar-refractivity contribution in [3.63, 3.8) is 0 Å². The number of hydrogen-bond acceptors (Lipinski definition) is 7. The van der Waals surface area contributed by atoms with E-state index in [9.17, 15) is 18.3 Å². The highest BCUT2D eigenvalue weighted by Gasteiger charge is 2.28. The van der Waals surface area contributed by atoms with Crippen molar-refractivity contribution in [2.45, 2.75) is 32.6 Å². The van der Waals surface area contributed by atoms with E-state index < -0.39 is 9.84 Å². The Hall–Kier alpha value is -3.39. The molecular weight excluding hydrogens is 450 g/mol. The molecule has 0 amide bonds. The van der Waals surface area contributed by atoms with Gasteiger partial charge in [0.2, 0.25) is 0 Å². The van der Waals surface area contributed by atoms with Gasteiger partial charge in [-0.2, -0.15) is 0 Å². The van der Waals surface area contributed by atoms with Crippen LogP contribution in [-0.4, -0.2) is 35.8 Å². The molecule has 0 aliphatic carbocycles. The van der Waals surface area contributed by atoms with Crippen molar-refractivity contribution in [1.82, 2.24) is 4.98 Å². The molecular formula is C26H27N3O4S. The summed E-state index contributed by atoms with van der Waals surface area (Å²) in [5.41, 5.74) is 5.63. The fraction of sp³-hybridized carbons (Fsp3) is 0.308. The lowest BCUT2D eigenvalue weighted by Crippen LogP contribution is -2.08. The molecule has 8 heteroatoms. The van der Waals surface area contributed by atoms with E-state index in [1.54, 1.807) is 24.4 Å². The highest BCUT2D eigenvalue weighted by atomic mass is 32.2. The van der Waals surface area contributed by atoms with Crippen LogP contribution in [0.2, 0.25) is 0 Å². The Bertz CT molecular complexity index is 1380. The number of pyridine rings is 1. The normalized spacial score (nSPS) is 18.5. The summed E-state index contributed by atoms with van der Waals surface area (Å²) in [6.07, 6.45) is 4.24. The molecule has 176 valence electrons. The number of fused-ring (bicyclic) bond motifs is 2. The smallest absolute Gasteiger partial charge is 0.173 e.